The Morgan fingerprint density at radius 1 is 1.07 bits per heavy atom. The molecule has 7 heteroatoms. The standard InChI is InChI=1S/C21H27N5O2/c27-20(23-16-8-2-1-3-9-16)15-7-6-12-26(14-15)21(28)19-13-18(24-25-19)17-10-4-5-11-22-17/h4-5,10-11,13,15-16H,1-3,6-9,12,14H2,(H,23,27)(H,24,25)/t15-/m0/s1. The number of H-pyrrole nitrogens is 1. The second-order valence-corrected chi connectivity index (χ2v) is 7.82. The zero-order valence-electron chi connectivity index (χ0n) is 16.1. The lowest BCUT2D eigenvalue weighted by molar-refractivity contribution is -0.127. The van der Waals surface area contributed by atoms with Crippen molar-refractivity contribution in [2.45, 2.75) is 51.0 Å². The van der Waals surface area contributed by atoms with E-state index in [0.717, 1.165) is 31.4 Å². The fraction of sp³-hybridized carbons (Fsp3) is 0.524. The molecule has 2 N–H and O–H groups in total. The second-order valence-electron chi connectivity index (χ2n) is 7.82. The van der Waals surface area contributed by atoms with Gasteiger partial charge in [-0.05, 0) is 43.9 Å². The maximum Gasteiger partial charge on any atom is 0.271 e. The number of pyridine rings is 1. The molecule has 1 aliphatic heterocycles. The maximum absolute atomic E-state index is 12.9. The van der Waals surface area contributed by atoms with Crippen LogP contribution < -0.4 is 5.32 Å². The molecule has 2 amide bonds. The van der Waals surface area contributed by atoms with Gasteiger partial charge in [0.15, 0.2) is 0 Å². The molecule has 0 aromatic carbocycles. The Kier molecular flexibility index (Phi) is 5.69. The van der Waals surface area contributed by atoms with E-state index in [1.165, 1.54) is 19.3 Å². The highest BCUT2D eigenvalue weighted by atomic mass is 16.2. The third-order valence-electron chi connectivity index (χ3n) is 5.77. The summed E-state index contributed by atoms with van der Waals surface area (Å²) in [5.74, 6) is -0.133. The van der Waals surface area contributed by atoms with E-state index in [1.54, 1.807) is 17.2 Å². The molecule has 148 valence electrons. The van der Waals surface area contributed by atoms with Crippen molar-refractivity contribution in [3.8, 4) is 11.4 Å². The topological polar surface area (TPSA) is 91.0 Å². The fourth-order valence-electron chi connectivity index (χ4n) is 4.19. The summed E-state index contributed by atoms with van der Waals surface area (Å²) in [5, 5.41) is 10.3. The smallest absolute Gasteiger partial charge is 0.271 e. The zero-order valence-corrected chi connectivity index (χ0v) is 16.1. The highest BCUT2D eigenvalue weighted by Crippen LogP contribution is 2.22. The fourth-order valence-corrected chi connectivity index (χ4v) is 4.19. The van der Waals surface area contributed by atoms with Crippen molar-refractivity contribution in [1.82, 2.24) is 25.4 Å². The number of aromatic nitrogens is 3. The first-order valence-corrected chi connectivity index (χ1v) is 10.3. The van der Waals surface area contributed by atoms with Gasteiger partial charge in [-0.1, -0.05) is 25.3 Å². The van der Waals surface area contributed by atoms with Crippen molar-refractivity contribution >= 4 is 11.8 Å². The number of nitrogens with one attached hydrogen (secondary N) is 2. The van der Waals surface area contributed by atoms with E-state index in [1.807, 2.05) is 18.2 Å². The number of hydrogen-bond acceptors (Lipinski definition) is 4. The first-order valence-electron chi connectivity index (χ1n) is 10.3. The summed E-state index contributed by atoms with van der Waals surface area (Å²) in [6.07, 6.45) is 9.18. The summed E-state index contributed by atoms with van der Waals surface area (Å²) in [6, 6.07) is 7.63. The van der Waals surface area contributed by atoms with Crippen molar-refractivity contribution in [2.24, 2.45) is 5.92 Å². The lowest BCUT2D eigenvalue weighted by Crippen LogP contribution is -2.48. The van der Waals surface area contributed by atoms with E-state index in [2.05, 4.69) is 20.5 Å². The molecule has 2 fully saturated rings. The molecule has 2 aromatic rings. The van der Waals surface area contributed by atoms with Gasteiger partial charge in [-0.3, -0.25) is 19.7 Å². The number of rotatable bonds is 4. The third kappa shape index (κ3) is 4.24. The van der Waals surface area contributed by atoms with Crippen molar-refractivity contribution in [1.29, 1.82) is 0 Å². The Balaban J connectivity index is 1.38. The second kappa shape index (κ2) is 8.54. The molecule has 2 aliphatic rings. The SMILES string of the molecule is O=C(NC1CCCCC1)[C@H]1CCCN(C(=O)c2cc(-c3ccccn3)n[nH]2)C1. The van der Waals surface area contributed by atoms with Gasteiger partial charge in [0, 0.05) is 25.3 Å². The number of likely N-dealkylation sites (tertiary alicyclic amines) is 1. The molecular weight excluding hydrogens is 354 g/mol. The van der Waals surface area contributed by atoms with Gasteiger partial charge in [-0.25, -0.2) is 0 Å². The Morgan fingerprint density at radius 2 is 1.93 bits per heavy atom. The number of aromatic amines is 1. The number of carbonyl (C=O) groups excluding carboxylic acids is 2. The van der Waals surface area contributed by atoms with E-state index in [9.17, 15) is 9.59 Å². The quantitative estimate of drug-likeness (QED) is 0.852. The molecular formula is C21H27N5O2. The first-order chi connectivity index (χ1) is 13.7. The number of hydrogen-bond donors (Lipinski definition) is 2. The van der Waals surface area contributed by atoms with Crippen LogP contribution in [0.2, 0.25) is 0 Å². The van der Waals surface area contributed by atoms with Crippen molar-refractivity contribution in [3.05, 3.63) is 36.2 Å². The maximum atomic E-state index is 12.9. The lowest BCUT2D eigenvalue weighted by atomic mass is 9.93. The summed E-state index contributed by atoms with van der Waals surface area (Å²) in [4.78, 5) is 31.6. The first kappa shape index (κ1) is 18.7. The molecule has 1 atom stereocenters. The molecule has 1 saturated carbocycles. The third-order valence-corrected chi connectivity index (χ3v) is 5.77. The Bertz CT molecular complexity index is 813. The Labute approximate surface area is 164 Å². The molecule has 3 heterocycles. The van der Waals surface area contributed by atoms with Crippen molar-refractivity contribution < 1.29 is 9.59 Å². The average Bonchev–Trinajstić information content (AvgIpc) is 3.25. The predicted molar refractivity (Wildman–Crippen MR) is 105 cm³/mol. The minimum absolute atomic E-state index is 0.100. The van der Waals surface area contributed by atoms with Crippen LogP contribution in [-0.2, 0) is 4.79 Å². The van der Waals surface area contributed by atoms with Crippen molar-refractivity contribution in [2.75, 3.05) is 13.1 Å². The molecule has 0 radical (unpaired) electrons. The van der Waals surface area contributed by atoms with Gasteiger partial charge in [-0.15, -0.1) is 0 Å². The zero-order chi connectivity index (χ0) is 19.3. The van der Waals surface area contributed by atoms with E-state index in [0.29, 0.717) is 30.5 Å². The molecule has 28 heavy (non-hydrogen) atoms. The number of amides is 2. The van der Waals surface area contributed by atoms with Gasteiger partial charge >= 0.3 is 0 Å². The molecule has 4 rings (SSSR count). The molecule has 0 spiro atoms. The van der Waals surface area contributed by atoms with Crippen molar-refractivity contribution in [3.63, 3.8) is 0 Å². The number of piperidine rings is 1. The van der Waals surface area contributed by atoms with Gasteiger partial charge in [0.05, 0.1) is 11.6 Å². The van der Waals surface area contributed by atoms with E-state index < -0.39 is 0 Å². The van der Waals surface area contributed by atoms with Crippen LogP contribution in [-0.4, -0.2) is 51.0 Å². The normalized spacial score (nSPS) is 20.7. The number of carbonyl (C=O) groups is 2. The summed E-state index contributed by atoms with van der Waals surface area (Å²) in [7, 11) is 0. The van der Waals surface area contributed by atoms with E-state index >= 15 is 0 Å². The minimum Gasteiger partial charge on any atom is -0.353 e. The summed E-state index contributed by atoms with van der Waals surface area (Å²) < 4.78 is 0. The van der Waals surface area contributed by atoms with Gasteiger partial charge in [-0.2, -0.15) is 5.10 Å². The monoisotopic (exact) mass is 381 g/mol. The highest BCUT2D eigenvalue weighted by Gasteiger charge is 2.31. The summed E-state index contributed by atoms with van der Waals surface area (Å²) in [6.45, 7) is 1.14. The van der Waals surface area contributed by atoms with Gasteiger partial charge in [0.1, 0.15) is 11.4 Å². The molecule has 7 nitrogen and oxygen atoms in total. The predicted octanol–water partition coefficient (Wildman–Crippen LogP) is 2.77. The van der Waals surface area contributed by atoms with Crippen LogP contribution in [0.25, 0.3) is 11.4 Å². The highest BCUT2D eigenvalue weighted by molar-refractivity contribution is 5.93. The van der Waals surface area contributed by atoms with Crippen LogP contribution in [0.15, 0.2) is 30.5 Å². The van der Waals surface area contributed by atoms with Gasteiger partial charge in [0.2, 0.25) is 5.91 Å². The average molecular weight is 381 g/mol. The van der Waals surface area contributed by atoms with E-state index in [4.69, 9.17) is 0 Å². The molecule has 0 bridgehead atoms. The van der Waals surface area contributed by atoms with Crippen LogP contribution in [0, 0.1) is 5.92 Å². The lowest BCUT2D eigenvalue weighted by Gasteiger charge is -2.33. The van der Waals surface area contributed by atoms with Crippen LogP contribution in [0.1, 0.15) is 55.4 Å². The minimum atomic E-state index is -0.127. The van der Waals surface area contributed by atoms with E-state index in [-0.39, 0.29) is 17.7 Å². The number of nitrogens with zero attached hydrogens (tertiary/aromatic N) is 3. The molecule has 1 saturated heterocycles. The van der Waals surface area contributed by atoms with Gasteiger partial charge < -0.3 is 10.2 Å². The van der Waals surface area contributed by atoms with Crippen LogP contribution in [0.3, 0.4) is 0 Å². The molecule has 2 aromatic heterocycles. The van der Waals surface area contributed by atoms with Crippen LogP contribution in [0.5, 0.6) is 0 Å². The largest absolute Gasteiger partial charge is 0.353 e. The van der Waals surface area contributed by atoms with Gasteiger partial charge in [0.25, 0.3) is 5.91 Å². The molecule has 1 aliphatic carbocycles. The van der Waals surface area contributed by atoms with Crippen LogP contribution >= 0.6 is 0 Å². The Morgan fingerprint density at radius 3 is 2.71 bits per heavy atom. The summed E-state index contributed by atoms with van der Waals surface area (Å²) >= 11 is 0. The van der Waals surface area contributed by atoms with Crippen LogP contribution in [0.4, 0.5) is 0 Å². The Hall–Kier alpha value is -2.70. The molecule has 0 unspecified atom stereocenters. The summed E-state index contributed by atoms with van der Waals surface area (Å²) in [5.41, 5.74) is 1.81.